The van der Waals surface area contributed by atoms with Crippen molar-refractivity contribution >= 4 is 0 Å². The third-order valence-corrected chi connectivity index (χ3v) is 3.82. The summed E-state index contributed by atoms with van der Waals surface area (Å²) in [6.07, 6.45) is 4.94. The molecule has 0 saturated heterocycles. The molecular formula is C16H24N4. The van der Waals surface area contributed by atoms with Gasteiger partial charge in [-0.1, -0.05) is 6.08 Å². The summed E-state index contributed by atoms with van der Waals surface area (Å²) < 4.78 is 3.87. The maximum absolute atomic E-state index is 4.55. The second kappa shape index (κ2) is 6.07. The van der Waals surface area contributed by atoms with Crippen molar-refractivity contribution in [3.8, 4) is 0 Å². The normalized spacial score (nSPS) is 11.2. The van der Waals surface area contributed by atoms with Gasteiger partial charge in [-0.05, 0) is 51.2 Å². The van der Waals surface area contributed by atoms with Gasteiger partial charge in [-0.15, -0.1) is 6.58 Å². The van der Waals surface area contributed by atoms with Gasteiger partial charge in [0.05, 0.1) is 11.4 Å². The van der Waals surface area contributed by atoms with E-state index in [4.69, 9.17) is 0 Å². The standard InChI is InChI=1S/C16H24N4/c1-6-7-14(10-15-8-12(2)19(4)17-15)11-16-9-13(3)20(5)18-16/h6,8-9,14H,1,7,10-11H2,2-5H3. The van der Waals surface area contributed by atoms with E-state index in [0.29, 0.717) is 5.92 Å². The van der Waals surface area contributed by atoms with Crippen LogP contribution in [0.25, 0.3) is 0 Å². The van der Waals surface area contributed by atoms with Crippen LogP contribution in [0.15, 0.2) is 24.8 Å². The van der Waals surface area contributed by atoms with Gasteiger partial charge >= 0.3 is 0 Å². The molecule has 0 spiro atoms. The van der Waals surface area contributed by atoms with Crippen LogP contribution in [0.4, 0.5) is 0 Å². The minimum Gasteiger partial charge on any atom is -0.273 e. The summed E-state index contributed by atoms with van der Waals surface area (Å²) in [4.78, 5) is 0. The second-order valence-electron chi connectivity index (χ2n) is 5.60. The number of aryl methyl sites for hydroxylation is 4. The highest BCUT2D eigenvalue weighted by Gasteiger charge is 2.14. The highest BCUT2D eigenvalue weighted by atomic mass is 15.3. The molecule has 0 N–H and O–H groups in total. The number of hydrogen-bond acceptors (Lipinski definition) is 2. The molecule has 108 valence electrons. The van der Waals surface area contributed by atoms with Crippen LogP contribution in [-0.2, 0) is 26.9 Å². The zero-order valence-corrected chi connectivity index (χ0v) is 12.9. The number of nitrogens with zero attached hydrogens (tertiary/aromatic N) is 4. The highest BCUT2D eigenvalue weighted by Crippen LogP contribution is 2.18. The molecule has 0 aromatic carbocycles. The summed E-state index contributed by atoms with van der Waals surface area (Å²) in [6, 6.07) is 4.33. The van der Waals surface area contributed by atoms with Crippen molar-refractivity contribution in [2.75, 3.05) is 0 Å². The molecule has 2 heterocycles. The third kappa shape index (κ3) is 3.38. The molecular weight excluding hydrogens is 248 g/mol. The van der Waals surface area contributed by atoms with Crippen molar-refractivity contribution in [2.24, 2.45) is 20.0 Å². The van der Waals surface area contributed by atoms with E-state index in [9.17, 15) is 0 Å². The fraction of sp³-hybridized carbons (Fsp3) is 0.500. The fourth-order valence-electron chi connectivity index (χ4n) is 2.54. The van der Waals surface area contributed by atoms with Crippen LogP contribution < -0.4 is 0 Å². The molecule has 0 saturated carbocycles. The topological polar surface area (TPSA) is 35.6 Å². The van der Waals surface area contributed by atoms with Crippen LogP contribution in [0.1, 0.15) is 29.2 Å². The molecule has 0 aliphatic carbocycles. The summed E-state index contributed by atoms with van der Waals surface area (Å²) in [5.41, 5.74) is 4.71. The summed E-state index contributed by atoms with van der Waals surface area (Å²) >= 11 is 0. The Morgan fingerprint density at radius 3 is 1.80 bits per heavy atom. The van der Waals surface area contributed by atoms with Gasteiger partial charge in [-0.2, -0.15) is 10.2 Å². The van der Waals surface area contributed by atoms with Gasteiger partial charge in [0, 0.05) is 25.5 Å². The lowest BCUT2D eigenvalue weighted by atomic mass is 9.94. The van der Waals surface area contributed by atoms with E-state index in [0.717, 1.165) is 30.7 Å². The monoisotopic (exact) mass is 272 g/mol. The zero-order valence-electron chi connectivity index (χ0n) is 12.9. The Bertz CT molecular complexity index is 504. The van der Waals surface area contributed by atoms with E-state index in [-0.39, 0.29) is 0 Å². The van der Waals surface area contributed by atoms with Crippen molar-refractivity contribution in [2.45, 2.75) is 33.1 Å². The lowest BCUT2D eigenvalue weighted by molar-refractivity contribution is 0.508. The van der Waals surface area contributed by atoms with Crippen LogP contribution in [0.2, 0.25) is 0 Å². The van der Waals surface area contributed by atoms with Gasteiger partial charge in [0.1, 0.15) is 0 Å². The number of rotatable bonds is 6. The first-order valence-corrected chi connectivity index (χ1v) is 7.09. The van der Waals surface area contributed by atoms with Crippen molar-refractivity contribution in [3.05, 3.63) is 47.6 Å². The lowest BCUT2D eigenvalue weighted by Crippen LogP contribution is -2.09. The predicted octanol–water partition coefficient (Wildman–Crippen LogP) is 2.75. The first-order chi connectivity index (χ1) is 9.49. The third-order valence-electron chi connectivity index (χ3n) is 3.82. The summed E-state index contributed by atoms with van der Waals surface area (Å²) in [7, 11) is 3.98. The second-order valence-corrected chi connectivity index (χ2v) is 5.60. The Balaban J connectivity index is 2.08. The van der Waals surface area contributed by atoms with Crippen molar-refractivity contribution in [1.82, 2.24) is 19.6 Å². The predicted molar refractivity (Wildman–Crippen MR) is 81.6 cm³/mol. The molecule has 2 aromatic rings. The van der Waals surface area contributed by atoms with Crippen molar-refractivity contribution in [3.63, 3.8) is 0 Å². The molecule has 0 amide bonds. The van der Waals surface area contributed by atoms with E-state index in [2.05, 4.69) is 42.8 Å². The Morgan fingerprint density at radius 1 is 1.05 bits per heavy atom. The average Bonchev–Trinajstić information content (AvgIpc) is 2.83. The Morgan fingerprint density at radius 2 is 1.50 bits per heavy atom. The Labute approximate surface area is 121 Å². The molecule has 2 rings (SSSR count). The Kier molecular flexibility index (Phi) is 4.42. The van der Waals surface area contributed by atoms with Gasteiger partial charge in [-0.3, -0.25) is 9.36 Å². The number of allylic oxidation sites excluding steroid dienone is 1. The molecule has 4 nitrogen and oxygen atoms in total. The van der Waals surface area contributed by atoms with E-state index in [1.807, 2.05) is 29.5 Å². The maximum Gasteiger partial charge on any atom is 0.0630 e. The highest BCUT2D eigenvalue weighted by molar-refractivity contribution is 5.12. The molecule has 0 bridgehead atoms. The van der Waals surface area contributed by atoms with Crippen LogP contribution in [0.3, 0.4) is 0 Å². The van der Waals surface area contributed by atoms with Crippen LogP contribution in [0, 0.1) is 19.8 Å². The molecule has 0 atom stereocenters. The maximum atomic E-state index is 4.55. The SMILES string of the molecule is C=CCC(Cc1cc(C)n(C)n1)Cc1cc(C)n(C)n1. The van der Waals surface area contributed by atoms with E-state index in [1.165, 1.54) is 11.4 Å². The molecule has 0 unspecified atom stereocenters. The fourth-order valence-corrected chi connectivity index (χ4v) is 2.54. The van der Waals surface area contributed by atoms with Crippen LogP contribution in [-0.4, -0.2) is 19.6 Å². The van der Waals surface area contributed by atoms with Gasteiger partial charge in [0.25, 0.3) is 0 Å². The zero-order chi connectivity index (χ0) is 14.7. The molecule has 0 fully saturated rings. The van der Waals surface area contributed by atoms with E-state index >= 15 is 0 Å². The molecule has 20 heavy (non-hydrogen) atoms. The number of aromatic nitrogens is 4. The van der Waals surface area contributed by atoms with Crippen molar-refractivity contribution < 1.29 is 0 Å². The molecule has 2 aromatic heterocycles. The van der Waals surface area contributed by atoms with Crippen molar-refractivity contribution in [1.29, 1.82) is 0 Å². The van der Waals surface area contributed by atoms with Gasteiger partial charge in [0.2, 0.25) is 0 Å². The van der Waals surface area contributed by atoms with Gasteiger partial charge in [-0.25, -0.2) is 0 Å². The lowest BCUT2D eigenvalue weighted by Gasteiger charge is -2.11. The van der Waals surface area contributed by atoms with Gasteiger partial charge < -0.3 is 0 Å². The Hall–Kier alpha value is -1.84. The van der Waals surface area contributed by atoms with Crippen LogP contribution >= 0.6 is 0 Å². The van der Waals surface area contributed by atoms with E-state index < -0.39 is 0 Å². The van der Waals surface area contributed by atoms with Crippen LogP contribution in [0.5, 0.6) is 0 Å². The van der Waals surface area contributed by atoms with Gasteiger partial charge in [0.15, 0.2) is 0 Å². The molecule has 0 aliphatic rings. The first kappa shape index (κ1) is 14.6. The first-order valence-electron chi connectivity index (χ1n) is 7.09. The number of hydrogen-bond donors (Lipinski definition) is 0. The smallest absolute Gasteiger partial charge is 0.0630 e. The van der Waals surface area contributed by atoms with E-state index in [1.54, 1.807) is 0 Å². The molecule has 0 radical (unpaired) electrons. The summed E-state index contributed by atoms with van der Waals surface area (Å²) in [5, 5.41) is 9.11. The molecule has 4 heteroatoms. The largest absolute Gasteiger partial charge is 0.273 e. The average molecular weight is 272 g/mol. The quantitative estimate of drug-likeness (QED) is 0.758. The summed E-state index contributed by atoms with van der Waals surface area (Å²) in [5.74, 6) is 0.510. The summed E-state index contributed by atoms with van der Waals surface area (Å²) in [6.45, 7) is 8.05. The minimum atomic E-state index is 0.510. The minimum absolute atomic E-state index is 0.510. The molecule has 0 aliphatic heterocycles.